The van der Waals surface area contributed by atoms with E-state index in [1.165, 1.54) is 6.07 Å². The molecule has 2 aliphatic rings. The highest BCUT2D eigenvalue weighted by Gasteiger charge is 2.36. The second-order valence-corrected chi connectivity index (χ2v) is 7.68. The summed E-state index contributed by atoms with van der Waals surface area (Å²) >= 11 is 0. The lowest BCUT2D eigenvalue weighted by molar-refractivity contribution is -0.385. The summed E-state index contributed by atoms with van der Waals surface area (Å²) in [7, 11) is 0. The van der Waals surface area contributed by atoms with Gasteiger partial charge in [0.2, 0.25) is 0 Å². The Morgan fingerprint density at radius 1 is 1.36 bits per heavy atom. The second kappa shape index (κ2) is 8.93. The Morgan fingerprint density at radius 3 is 2.75 bits per heavy atom. The molecule has 1 aromatic carbocycles. The van der Waals surface area contributed by atoms with Crippen LogP contribution in [0.4, 0.5) is 10.5 Å². The van der Waals surface area contributed by atoms with Crippen molar-refractivity contribution in [3.05, 3.63) is 39.9 Å². The Balaban J connectivity index is 0.00000280. The first-order valence-electron chi connectivity index (χ1n) is 9.00. The van der Waals surface area contributed by atoms with Crippen molar-refractivity contribution in [2.75, 3.05) is 26.2 Å². The summed E-state index contributed by atoms with van der Waals surface area (Å²) in [5, 5.41) is 14.3. The van der Waals surface area contributed by atoms with Crippen LogP contribution in [0, 0.1) is 10.1 Å². The van der Waals surface area contributed by atoms with Crippen LogP contribution in [-0.2, 0) is 11.3 Å². The van der Waals surface area contributed by atoms with Crippen LogP contribution >= 0.6 is 24.0 Å². The number of carbonyl (C=O) groups is 1. The highest BCUT2D eigenvalue weighted by molar-refractivity contribution is 14.0. The zero-order valence-electron chi connectivity index (χ0n) is 16.3. The van der Waals surface area contributed by atoms with Crippen LogP contribution in [-0.4, -0.2) is 64.6 Å². The van der Waals surface area contributed by atoms with Gasteiger partial charge in [-0.15, -0.1) is 24.0 Å². The molecular weight excluding hydrogens is 477 g/mol. The Bertz CT molecular complexity index is 765. The first-order chi connectivity index (χ1) is 12.7. The van der Waals surface area contributed by atoms with E-state index in [9.17, 15) is 14.9 Å². The third-order valence-electron chi connectivity index (χ3n) is 4.48. The van der Waals surface area contributed by atoms with Gasteiger partial charge in [-0.25, -0.2) is 4.79 Å². The van der Waals surface area contributed by atoms with Gasteiger partial charge in [0.15, 0.2) is 5.96 Å². The lowest BCUT2D eigenvalue weighted by Gasteiger charge is -2.39. The predicted molar refractivity (Wildman–Crippen MR) is 116 cm³/mol. The smallest absolute Gasteiger partial charge is 0.410 e. The van der Waals surface area contributed by atoms with Crippen molar-refractivity contribution in [3.63, 3.8) is 0 Å². The molecule has 0 spiro atoms. The molecular formula is C18H26IN5O4. The van der Waals surface area contributed by atoms with Crippen molar-refractivity contribution in [1.82, 2.24) is 15.1 Å². The lowest BCUT2D eigenvalue weighted by Crippen LogP contribution is -2.57. The highest BCUT2D eigenvalue weighted by atomic mass is 127. The van der Waals surface area contributed by atoms with Gasteiger partial charge in [-0.3, -0.25) is 15.1 Å². The third-order valence-corrected chi connectivity index (χ3v) is 4.48. The quantitative estimate of drug-likeness (QED) is 0.387. The fraction of sp³-hybridized carbons (Fsp3) is 0.556. The van der Waals surface area contributed by atoms with E-state index in [0.717, 1.165) is 5.96 Å². The fourth-order valence-electron chi connectivity index (χ4n) is 3.24. The number of rotatable bonds is 3. The molecule has 0 saturated carbocycles. The number of nitro groups is 1. The van der Waals surface area contributed by atoms with Gasteiger partial charge in [0.05, 0.1) is 17.5 Å². The van der Waals surface area contributed by atoms with E-state index in [1.807, 2.05) is 20.8 Å². The molecule has 0 radical (unpaired) electrons. The molecule has 0 aliphatic carbocycles. The first-order valence-corrected chi connectivity index (χ1v) is 9.00. The maximum absolute atomic E-state index is 12.3. The van der Waals surface area contributed by atoms with Crippen LogP contribution in [0.5, 0.6) is 0 Å². The van der Waals surface area contributed by atoms with Gasteiger partial charge in [0, 0.05) is 37.8 Å². The fourth-order valence-corrected chi connectivity index (χ4v) is 3.24. The number of fused-ring (bicyclic) bond motifs is 1. The molecule has 1 atom stereocenters. The summed E-state index contributed by atoms with van der Waals surface area (Å²) in [4.78, 5) is 31.4. The number of nitrogens with one attached hydrogen (secondary N) is 1. The predicted octanol–water partition coefficient (Wildman–Crippen LogP) is 2.59. The number of aliphatic imine (C=N–C) groups is 1. The Kier molecular flexibility index (Phi) is 7.07. The maximum atomic E-state index is 12.3. The third kappa shape index (κ3) is 5.24. The van der Waals surface area contributed by atoms with E-state index in [-0.39, 0.29) is 46.7 Å². The average Bonchev–Trinajstić information content (AvgIpc) is 3.01. The van der Waals surface area contributed by atoms with Gasteiger partial charge in [-0.2, -0.15) is 0 Å². The van der Waals surface area contributed by atoms with E-state index in [1.54, 1.807) is 23.1 Å². The Hall–Kier alpha value is -2.11. The van der Waals surface area contributed by atoms with Crippen molar-refractivity contribution in [3.8, 4) is 0 Å². The maximum Gasteiger partial charge on any atom is 0.410 e. The van der Waals surface area contributed by atoms with Gasteiger partial charge >= 0.3 is 6.09 Å². The minimum atomic E-state index is -0.516. The number of halogens is 1. The number of piperazine rings is 1. The molecule has 2 heterocycles. The van der Waals surface area contributed by atoms with Crippen LogP contribution in [0.1, 0.15) is 26.3 Å². The minimum Gasteiger partial charge on any atom is -0.444 e. The van der Waals surface area contributed by atoms with E-state index in [4.69, 9.17) is 4.74 Å². The second-order valence-electron chi connectivity index (χ2n) is 7.68. The number of amides is 1. The van der Waals surface area contributed by atoms with Gasteiger partial charge < -0.3 is 19.9 Å². The Labute approximate surface area is 181 Å². The van der Waals surface area contributed by atoms with E-state index < -0.39 is 5.60 Å². The van der Waals surface area contributed by atoms with Crippen LogP contribution in [0.3, 0.4) is 0 Å². The van der Waals surface area contributed by atoms with Crippen molar-refractivity contribution in [2.24, 2.45) is 4.99 Å². The van der Waals surface area contributed by atoms with Crippen LogP contribution in [0.2, 0.25) is 0 Å². The summed E-state index contributed by atoms with van der Waals surface area (Å²) in [5.74, 6) is 0.724. The first kappa shape index (κ1) is 22.2. The molecule has 1 fully saturated rings. The summed E-state index contributed by atoms with van der Waals surface area (Å²) < 4.78 is 5.45. The lowest BCUT2D eigenvalue weighted by atomic mass is 10.2. The summed E-state index contributed by atoms with van der Waals surface area (Å²) in [6.45, 7) is 8.21. The highest BCUT2D eigenvalue weighted by Crippen LogP contribution is 2.20. The number of guanidine groups is 1. The molecule has 2 aliphatic heterocycles. The molecule has 1 amide bonds. The normalized spacial score (nSPS) is 18.7. The zero-order chi connectivity index (χ0) is 19.6. The van der Waals surface area contributed by atoms with Crippen LogP contribution in [0.25, 0.3) is 0 Å². The van der Waals surface area contributed by atoms with Gasteiger partial charge in [-0.1, -0.05) is 18.2 Å². The van der Waals surface area contributed by atoms with Gasteiger partial charge in [0.1, 0.15) is 5.60 Å². The Morgan fingerprint density at radius 2 is 2.07 bits per heavy atom. The average molecular weight is 503 g/mol. The van der Waals surface area contributed by atoms with Crippen molar-refractivity contribution in [2.45, 2.75) is 39.0 Å². The molecule has 0 aromatic heterocycles. The summed E-state index contributed by atoms with van der Waals surface area (Å²) in [6, 6.07) is 6.76. The molecule has 9 nitrogen and oxygen atoms in total. The molecule has 10 heteroatoms. The number of hydrogen-bond acceptors (Lipinski definition) is 7. The molecule has 1 unspecified atom stereocenters. The number of nitro benzene ring substituents is 1. The molecule has 3 rings (SSSR count). The largest absolute Gasteiger partial charge is 0.444 e. The molecule has 28 heavy (non-hydrogen) atoms. The summed E-state index contributed by atoms with van der Waals surface area (Å²) in [6.07, 6.45) is -0.302. The van der Waals surface area contributed by atoms with Crippen LogP contribution < -0.4 is 5.32 Å². The van der Waals surface area contributed by atoms with E-state index in [0.29, 0.717) is 38.3 Å². The minimum absolute atomic E-state index is 0. The van der Waals surface area contributed by atoms with E-state index in [2.05, 4.69) is 15.2 Å². The molecule has 1 N–H and O–H groups in total. The zero-order valence-corrected chi connectivity index (χ0v) is 18.6. The van der Waals surface area contributed by atoms with Gasteiger partial charge in [-0.05, 0) is 20.8 Å². The van der Waals surface area contributed by atoms with Gasteiger partial charge in [0.25, 0.3) is 5.69 Å². The number of ether oxygens (including phenoxy) is 1. The molecule has 154 valence electrons. The topological polar surface area (TPSA) is 100 Å². The molecule has 1 saturated heterocycles. The summed E-state index contributed by atoms with van der Waals surface area (Å²) in [5.41, 5.74) is 0.188. The van der Waals surface area contributed by atoms with Crippen molar-refractivity contribution >= 4 is 41.7 Å². The van der Waals surface area contributed by atoms with E-state index >= 15 is 0 Å². The SMILES string of the molecule is CC(C)(C)OC(=O)N1CCN2C(NCc3ccccc3[N+](=O)[O-])=NCC2C1.I. The number of para-hydroxylation sites is 1. The monoisotopic (exact) mass is 503 g/mol. The number of hydrogen-bond donors (Lipinski definition) is 1. The number of benzene rings is 1. The van der Waals surface area contributed by atoms with Crippen LogP contribution in [0.15, 0.2) is 29.3 Å². The molecule has 1 aromatic rings. The standard InChI is InChI=1S/C18H25N5O4.HI/c1-18(2,3)27-17(24)21-8-9-22-14(12-21)11-20-16(22)19-10-13-6-4-5-7-15(13)23(25)26;/h4-7,14H,8-12H2,1-3H3,(H,19,20);1H. The van der Waals surface area contributed by atoms with Crippen molar-refractivity contribution in [1.29, 1.82) is 0 Å². The number of carbonyl (C=O) groups excluding carboxylic acids is 1. The number of nitrogens with zero attached hydrogens (tertiary/aromatic N) is 4. The molecule has 0 bridgehead atoms. The van der Waals surface area contributed by atoms with Crippen molar-refractivity contribution < 1.29 is 14.5 Å².